The number of nitrogens with one attached hydrogen (secondary N) is 1. The van der Waals surface area contributed by atoms with E-state index in [9.17, 15) is 0 Å². The van der Waals surface area contributed by atoms with Crippen LogP contribution in [-0.2, 0) is 4.74 Å². The van der Waals surface area contributed by atoms with Gasteiger partial charge in [0.25, 0.3) is 0 Å². The lowest BCUT2D eigenvalue weighted by atomic mass is 9.75. The summed E-state index contributed by atoms with van der Waals surface area (Å²) in [5.41, 5.74) is 0.542. The molecule has 1 saturated carbocycles. The molecule has 1 atom stereocenters. The summed E-state index contributed by atoms with van der Waals surface area (Å²) in [6.07, 6.45) is 7.04. The molecule has 0 aromatic heterocycles. The van der Waals surface area contributed by atoms with Crippen LogP contribution in [0.4, 0.5) is 0 Å². The van der Waals surface area contributed by atoms with Gasteiger partial charge in [-0.15, -0.1) is 0 Å². The van der Waals surface area contributed by atoms with Crippen molar-refractivity contribution >= 4 is 0 Å². The van der Waals surface area contributed by atoms with Crippen molar-refractivity contribution in [3.63, 3.8) is 0 Å². The van der Waals surface area contributed by atoms with E-state index in [0.29, 0.717) is 11.5 Å². The summed E-state index contributed by atoms with van der Waals surface area (Å²) < 4.78 is 5.11. The SMILES string of the molecule is COCC(C)NCC1(C)CCCCC1. The molecule has 0 aliphatic heterocycles. The van der Waals surface area contributed by atoms with Crippen LogP contribution in [0.1, 0.15) is 46.0 Å². The minimum absolute atomic E-state index is 0.485. The summed E-state index contributed by atoms with van der Waals surface area (Å²) in [6, 6.07) is 0.485. The number of ether oxygens (including phenoxy) is 1. The maximum absolute atomic E-state index is 5.11. The first-order valence-electron chi connectivity index (χ1n) is 5.89. The summed E-state index contributed by atoms with van der Waals surface area (Å²) in [7, 11) is 1.76. The molecule has 0 radical (unpaired) electrons. The molecule has 1 unspecified atom stereocenters. The lowest BCUT2D eigenvalue weighted by Crippen LogP contribution is -2.39. The minimum Gasteiger partial charge on any atom is -0.383 e. The van der Waals surface area contributed by atoms with Crippen LogP contribution in [0.5, 0.6) is 0 Å². The second kappa shape index (κ2) is 5.72. The van der Waals surface area contributed by atoms with Crippen molar-refractivity contribution in [1.82, 2.24) is 5.32 Å². The number of methoxy groups -OCH3 is 1. The molecule has 0 bridgehead atoms. The Morgan fingerprint density at radius 1 is 1.29 bits per heavy atom. The molecule has 2 nitrogen and oxygen atoms in total. The van der Waals surface area contributed by atoms with E-state index in [1.165, 1.54) is 32.1 Å². The molecule has 1 N–H and O–H groups in total. The zero-order chi connectivity index (χ0) is 10.4. The van der Waals surface area contributed by atoms with Gasteiger partial charge >= 0.3 is 0 Å². The van der Waals surface area contributed by atoms with E-state index < -0.39 is 0 Å². The highest BCUT2D eigenvalue weighted by atomic mass is 16.5. The van der Waals surface area contributed by atoms with Gasteiger partial charge in [0.15, 0.2) is 0 Å². The molecular weight excluding hydrogens is 174 g/mol. The fourth-order valence-electron chi connectivity index (χ4n) is 2.31. The summed E-state index contributed by atoms with van der Waals surface area (Å²) in [6.45, 7) is 6.57. The Bertz CT molecular complexity index is 152. The lowest BCUT2D eigenvalue weighted by molar-refractivity contribution is 0.151. The van der Waals surface area contributed by atoms with E-state index in [4.69, 9.17) is 4.74 Å². The first-order chi connectivity index (χ1) is 6.66. The smallest absolute Gasteiger partial charge is 0.0613 e. The predicted octanol–water partition coefficient (Wildman–Crippen LogP) is 2.58. The van der Waals surface area contributed by atoms with Gasteiger partial charge in [-0.3, -0.25) is 0 Å². The van der Waals surface area contributed by atoms with Crippen molar-refractivity contribution in [3.8, 4) is 0 Å². The zero-order valence-corrected chi connectivity index (χ0v) is 9.94. The summed E-state index contributed by atoms with van der Waals surface area (Å²) >= 11 is 0. The molecule has 0 amide bonds. The van der Waals surface area contributed by atoms with E-state index in [1.807, 2.05) is 0 Å². The third-order valence-electron chi connectivity index (χ3n) is 3.35. The molecule has 0 saturated heterocycles. The largest absolute Gasteiger partial charge is 0.383 e. The van der Waals surface area contributed by atoms with E-state index in [1.54, 1.807) is 7.11 Å². The van der Waals surface area contributed by atoms with Crippen molar-refractivity contribution in [2.24, 2.45) is 5.41 Å². The van der Waals surface area contributed by atoms with Crippen LogP contribution in [0.2, 0.25) is 0 Å². The Morgan fingerprint density at radius 2 is 1.93 bits per heavy atom. The highest BCUT2D eigenvalue weighted by Gasteiger charge is 2.26. The first-order valence-corrected chi connectivity index (χ1v) is 5.89. The van der Waals surface area contributed by atoms with Gasteiger partial charge < -0.3 is 10.1 Å². The van der Waals surface area contributed by atoms with Crippen molar-refractivity contribution in [1.29, 1.82) is 0 Å². The Labute approximate surface area is 88.4 Å². The molecule has 0 heterocycles. The second-order valence-corrected chi connectivity index (χ2v) is 5.11. The van der Waals surface area contributed by atoms with Crippen LogP contribution in [0.25, 0.3) is 0 Å². The van der Waals surface area contributed by atoms with Crippen LogP contribution in [0.15, 0.2) is 0 Å². The number of rotatable bonds is 5. The van der Waals surface area contributed by atoms with Crippen LogP contribution >= 0.6 is 0 Å². The number of hydrogen-bond acceptors (Lipinski definition) is 2. The third-order valence-corrected chi connectivity index (χ3v) is 3.35. The fourth-order valence-corrected chi connectivity index (χ4v) is 2.31. The van der Waals surface area contributed by atoms with Crippen LogP contribution in [-0.4, -0.2) is 26.3 Å². The van der Waals surface area contributed by atoms with Gasteiger partial charge in [-0.2, -0.15) is 0 Å². The summed E-state index contributed by atoms with van der Waals surface area (Å²) in [5, 5.41) is 3.57. The molecule has 0 aromatic carbocycles. The molecule has 1 fully saturated rings. The zero-order valence-electron chi connectivity index (χ0n) is 9.94. The Hall–Kier alpha value is -0.0800. The van der Waals surface area contributed by atoms with Crippen LogP contribution in [0.3, 0.4) is 0 Å². The van der Waals surface area contributed by atoms with Gasteiger partial charge in [-0.25, -0.2) is 0 Å². The Morgan fingerprint density at radius 3 is 2.50 bits per heavy atom. The van der Waals surface area contributed by atoms with Gasteiger partial charge in [0, 0.05) is 19.7 Å². The van der Waals surface area contributed by atoms with Gasteiger partial charge in [-0.1, -0.05) is 26.2 Å². The molecule has 1 rings (SSSR count). The van der Waals surface area contributed by atoms with Gasteiger partial charge in [-0.05, 0) is 25.2 Å². The molecule has 84 valence electrons. The van der Waals surface area contributed by atoms with Crippen LogP contribution < -0.4 is 5.32 Å². The molecule has 0 aromatic rings. The topological polar surface area (TPSA) is 21.3 Å². The molecule has 2 heteroatoms. The Balaban J connectivity index is 2.21. The van der Waals surface area contributed by atoms with E-state index in [2.05, 4.69) is 19.2 Å². The monoisotopic (exact) mass is 199 g/mol. The fraction of sp³-hybridized carbons (Fsp3) is 1.00. The maximum atomic E-state index is 5.11. The average Bonchev–Trinajstić information content (AvgIpc) is 2.17. The highest BCUT2D eigenvalue weighted by molar-refractivity contribution is 4.81. The van der Waals surface area contributed by atoms with Gasteiger partial charge in [0.05, 0.1) is 6.61 Å². The minimum atomic E-state index is 0.485. The predicted molar refractivity (Wildman–Crippen MR) is 60.5 cm³/mol. The van der Waals surface area contributed by atoms with Gasteiger partial charge in [0.1, 0.15) is 0 Å². The lowest BCUT2D eigenvalue weighted by Gasteiger charge is -2.34. The highest BCUT2D eigenvalue weighted by Crippen LogP contribution is 2.34. The standard InChI is InChI=1S/C12H25NO/c1-11(9-14-3)13-10-12(2)7-5-4-6-8-12/h11,13H,4-10H2,1-3H3. The van der Waals surface area contributed by atoms with Crippen molar-refractivity contribution in [3.05, 3.63) is 0 Å². The second-order valence-electron chi connectivity index (χ2n) is 5.11. The normalized spacial score (nSPS) is 23.4. The third kappa shape index (κ3) is 3.97. The first kappa shape index (κ1) is 12.0. The van der Waals surface area contributed by atoms with E-state index in [-0.39, 0.29) is 0 Å². The number of hydrogen-bond donors (Lipinski definition) is 1. The van der Waals surface area contributed by atoms with Crippen molar-refractivity contribution < 1.29 is 4.74 Å². The quantitative estimate of drug-likeness (QED) is 0.735. The van der Waals surface area contributed by atoms with Gasteiger partial charge in [0.2, 0.25) is 0 Å². The summed E-state index contributed by atoms with van der Waals surface area (Å²) in [5.74, 6) is 0. The molecule has 1 aliphatic rings. The average molecular weight is 199 g/mol. The molecule has 0 spiro atoms. The van der Waals surface area contributed by atoms with E-state index >= 15 is 0 Å². The maximum Gasteiger partial charge on any atom is 0.0613 e. The van der Waals surface area contributed by atoms with Crippen molar-refractivity contribution in [2.45, 2.75) is 52.0 Å². The molecule has 14 heavy (non-hydrogen) atoms. The Kier molecular flexibility index (Phi) is 4.90. The van der Waals surface area contributed by atoms with Crippen LogP contribution in [0, 0.1) is 5.41 Å². The van der Waals surface area contributed by atoms with Crippen molar-refractivity contribution in [2.75, 3.05) is 20.3 Å². The molecule has 1 aliphatic carbocycles. The summed E-state index contributed by atoms with van der Waals surface area (Å²) in [4.78, 5) is 0. The van der Waals surface area contributed by atoms with E-state index in [0.717, 1.165) is 13.2 Å². The molecular formula is C12H25NO.